The zero-order chi connectivity index (χ0) is 25.7. The van der Waals surface area contributed by atoms with Crippen molar-refractivity contribution in [1.82, 2.24) is 14.6 Å². The maximum Gasteiger partial charge on any atom is 0.115 e. The summed E-state index contributed by atoms with van der Waals surface area (Å²) in [6, 6.07) is 15.1. The van der Waals surface area contributed by atoms with Gasteiger partial charge in [0.2, 0.25) is 0 Å². The molecule has 2 heterocycles. The Labute approximate surface area is 219 Å². The first-order valence-electron chi connectivity index (χ1n) is 12.7. The fourth-order valence-electron chi connectivity index (χ4n) is 4.72. The highest BCUT2D eigenvalue weighted by molar-refractivity contribution is 8.00. The van der Waals surface area contributed by atoms with E-state index in [-0.39, 0.29) is 5.41 Å². The van der Waals surface area contributed by atoms with E-state index in [4.69, 9.17) is 21.3 Å². The topological polar surface area (TPSA) is 85.6 Å². The largest absolute Gasteiger partial charge is 0.403 e. The molecule has 0 radical (unpaired) electrons. The van der Waals surface area contributed by atoms with Crippen LogP contribution in [0.4, 0.5) is 5.69 Å². The Balaban J connectivity index is 1.53. The van der Waals surface area contributed by atoms with Crippen LogP contribution in [0, 0.1) is 5.92 Å². The SMILES string of the molecule is CN(Sc1ccc(CN(N)/C=C\N)cc1)c1ccc2c(c1)nc(C(C)(C)C)n2CC1CCCOCC1. The van der Waals surface area contributed by atoms with Gasteiger partial charge in [-0.15, -0.1) is 0 Å². The first-order chi connectivity index (χ1) is 17.2. The molecule has 1 fully saturated rings. The number of hydrogen-bond acceptors (Lipinski definition) is 7. The van der Waals surface area contributed by atoms with Crippen LogP contribution in [-0.4, -0.2) is 34.8 Å². The van der Waals surface area contributed by atoms with E-state index in [1.807, 2.05) is 0 Å². The lowest BCUT2D eigenvalue weighted by Crippen LogP contribution is -2.24. The summed E-state index contributed by atoms with van der Waals surface area (Å²) in [4.78, 5) is 6.30. The molecule has 1 saturated heterocycles. The van der Waals surface area contributed by atoms with Crippen LogP contribution in [-0.2, 0) is 23.2 Å². The molecule has 194 valence electrons. The van der Waals surface area contributed by atoms with Crippen LogP contribution in [0.1, 0.15) is 51.4 Å². The maximum atomic E-state index is 5.89. The summed E-state index contributed by atoms with van der Waals surface area (Å²) < 4.78 is 10.4. The standard InChI is InChI=1S/C28H40N6OS/c1-28(2,3)27-31-25-18-23(9-12-26(25)34(27)20-21-6-5-16-35-17-13-21)32(4)36-24-10-7-22(8-11-24)19-33(30)15-14-29/h7-12,14-15,18,21H,5-6,13,16-17,19-20,29-30H2,1-4H3/b15-14-. The van der Waals surface area contributed by atoms with Gasteiger partial charge in [0, 0.05) is 55.2 Å². The lowest BCUT2D eigenvalue weighted by atomic mass is 9.94. The Hall–Kier alpha value is -2.68. The lowest BCUT2D eigenvalue weighted by Gasteiger charge is -2.23. The van der Waals surface area contributed by atoms with Crippen molar-refractivity contribution in [1.29, 1.82) is 0 Å². The van der Waals surface area contributed by atoms with Crippen molar-refractivity contribution < 1.29 is 4.74 Å². The zero-order valence-corrected chi connectivity index (χ0v) is 22.8. The third kappa shape index (κ3) is 6.55. The van der Waals surface area contributed by atoms with Crippen molar-refractivity contribution in [2.75, 3.05) is 24.6 Å². The monoisotopic (exact) mass is 508 g/mol. The molecule has 4 N–H and O–H groups in total. The number of rotatable bonds is 8. The van der Waals surface area contributed by atoms with Gasteiger partial charge >= 0.3 is 0 Å². The normalized spacial score (nSPS) is 17.0. The number of nitrogens with two attached hydrogens (primary N) is 2. The third-order valence-electron chi connectivity index (χ3n) is 6.59. The molecule has 0 aliphatic carbocycles. The van der Waals surface area contributed by atoms with E-state index in [1.165, 1.54) is 18.1 Å². The molecule has 1 aliphatic rings. The van der Waals surface area contributed by atoms with Crippen LogP contribution in [0.3, 0.4) is 0 Å². The van der Waals surface area contributed by atoms with Gasteiger partial charge in [0.15, 0.2) is 0 Å². The Bertz CT molecular complexity index is 1160. The predicted molar refractivity (Wildman–Crippen MR) is 150 cm³/mol. The van der Waals surface area contributed by atoms with E-state index in [1.54, 1.807) is 23.2 Å². The second-order valence-corrected chi connectivity index (χ2v) is 11.8. The van der Waals surface area contributed by atoms with Gasteiger partial charge in [-0.3, -0.25) is 0 Å². The van der Waals surface area contributed by atoms with Crippen LogP contribution in [0.2, 0.25) is 0 Å². The molecular formula is C28H40N6OS. The number of anilines is 1. The smallest absolute Gasteiger partial charge is 0.115 e. The highest BCUT2D eigenvalue weighted by atomic mass is 32.2. The molecule has 0 saturated carbocycles. The van der Waals surface area contributed by atoms with Crippen molar-refractivity contribution in [3.8, 4) is 0 Å². The average molecular weight is 509 g/mol. The number of imidazole rings is 1. The number of hydrogen-bond donors (Lipinski definition) is 2. The molecule has 3 aromatic rings. The molecule has 0 spiro atoms. The molecule has 8 heteroatoms. The summed E-state index contributed by atoms with van der Waals surface area (Å²) in [5.74, 6) is 7.68. The van der Waals surface area contributed by atoms with Gasteiger partial charge in [-0.25, -0.2) is 10.8 Å². The van der Waals surface area contributed by atoms with Gasteiger partial charge in [0.05, 0.1) is 17.6 Å². The van der Waals surface area contributed by atoms with Crippen LogP contribution in [0.15, 0.2) is 59.8 Å². The van der Waals surface area contributed by atoms with Gasteiger partial charge in [0.1, 0.15) is 5.82 Å². The summed E-state index contributed by atoms with van der Waals surface area (Å²) in [6.45, 7) is 10.1. The van der Waals surface area contributed by atoms with E-state index in [0.29, 0.717) is 12.5 Å². The molecule has 1 atom stereocenters. The first kappa shape index (κ1) is 26.4. The van der Waals surface area contributed by atoms with Gasteiger partial charge < -0.3 is 24.4 Å². The Morgan fingerprint density at radius 2 is 1.92 bits per heavy atom. The van der Waals surface area contributed by atoms with Crippen molar-refractivity contribution in [2.24, 2.45) is 17.5 Å². The number of aromatic nitrogens is 2. The molecule has 0 bridgehead atoms. The summed E-state index contributed by atoms with van der Waals surface area (Å²) in [5, 5.41) is 1.57. The average Bonchev–Trinajstić information content (AvgIpc) is 3.00. The van der Waals surface area contributed by atoms with Crippen LogP contribution < -0.4 is 15.9 Å². The van der Waals surface area contributed by atoms with Crippen molar-refractivity contribution >= 4 is 28.7 Å². The summed E-state index contributed by atoms with van der Waals surface area (Å²) in [7, 11) is 2.10. The van der Waals surface area contributed by atoms with Crippen molar-refractivity contribution in [3.63, 3.8) is 0 Å². The molecule has 36 heavy (non-hydrogen) atoms. The Morgan fingerprint density at radius 3 is 2.64 bits per heavy atom. The second kappa shape index (κ2) is 11.6. The molecule has 4 rings (SSSR count). The van der Waals surface area contributed by atoms with E-state index < -0.39 is 0 Å². The molecule has 1 aromatic heterocycles. The fraction of sp³-hybridized carbons (Fsp3) is 0.464. The number of nitrogens with zero attached hydrogens (tertiary/aromatic N) is 4. The number of ether oxygens (including phenoxy) is 1. The highest BCUT2D eigenvalue weighted by Gasteiger charge is 2.25. The summed E-state index contributed by atoms with van der Waals surface area (Å²) >= 11 is 1.70. The molecule has 7 nitrogen and oxygen atoms in total. The van der Waals surface area contributed by atoms with Crippen molar-refractivity contribution in [2.45, 2.75) is 63.4 Å². The zero-order valence-electron chi connectivity index (χ0n) is 22.0. The van der Waals surface area contributed by atoms with Gasteiger partial charge in [-0.1, -0.05) is 32.9 Å². The number of hydrazine groups is 1. The third-order valence-corrected chi connectivity index (χ3v) is 7.55. The first-order valence-corrected chi connectivity index (χ1v) is 13.5. The van der Waals surface area contributed by atoms with Gasteiger partial charge in [-0.2, -0.15) is 0 Å². The molecule has 1 unspecified atom stereocenters. The van der Waals surface area contributed by atoms with Gasteiger partial charge in [-0.05, 0) is 73.0 Å². The van der Waals surface area contributed by atoms with Crippen LogP contribution in [0.25, 0.3) is 11.0 Å². The van der Waals surface area contributed by atoms with Gasteiger partial charge in [0.25, 0.3) is 0 Å². The van der Waals surface area contributed by atoms with E-state index >= 15 is 0 Å². The van der Waals surface area contributed by atoms with Crippen molar-refractivity contribution in [3.05, 3.63) is 66.3 Å². The molecule has 0 amide bonds. The molecule has 2 aromatic carbocycles. The Morgan fingerprint density at radius 1 is 1.14 bits per heavy atom. The van der Waals surface area contributed by atoms with Crippen LogP contribution >= 0.6 is 11.9 Å². The van der Waals surface area contributed by atoms with Crippen LogP contribution in [0.5, 0.6) is 0 Å². The minimum Gasteiger partial charge on any atom is -0.403 e. The summed E-state index contributed by atoms with van der Waals surface area (Å²) in [5.41, 5.74) is 9.92. The quantitative estimate of drug-likeness (QED) is 0.239. The van der Waals surface area contributed by atoms with E-state index in [0.717, 1.165) is 60.1 Å². The minimum atomic E-state index is -0.0259. The fourth-order valence-corrected chi connectivity index (χ4v) is 5.52. The molecular weight excluding hydrogens is 468 g/mol. The second-order valence-electron chi connectivity index (χ2n) is 10.6. The minimum absolute atomic E-state index is 0.0259. The summed E-state index contributed by atoms with van der Waals surface area (Å²) in [6.07, 6.45) is 6.57. The maximum absolute atomic E-state index is 5.89. The van der Waals surface area contributed by atoms with E-state index in [2.05, 4.69) is 79.2 Å². The predicted octanol–water partition coefficient (Wildman–Crippen LogP) is 5.40. The van der Waals surface area contributed by atoms with E-state index in [9.17, 15) is 0 Å². The highest BCUT2D eigenvalue weighted by Crippen LogP contribution is 2.33. The Kier molecular flexibility index (Phi) is 8.49. The lowest BCUT2D eigenvalue weighted by molar-refractivity contribution is 0.140. The molecule has 1 aliphatic heterocycles. The number of benzene rings is 2. The number of fused-ring (bicyclic) bond motifs is 1.